The van der Waals surface area contributed by atoms with Gasteiger partial charge in [0.25, 0.3) is 5.56 Å². The van der Waals surface area contributed by atoms with Gasteiger partial charge >= 0.3 is 5.69 Å². The molecule has 0 atom stereocenters. The second-order valence-electron chi connectivity index (χ2n) is 19.7. The average molecular weight is 877 g/mol. The standard InChI is InChI=1S/C62H44N4O2/c1-61(2)50-24-14-11-21-41(50)44-33-48-46-31-39(27-29-55(46)63(57(48)35-52(44)61)37-17-7-5-8-18-37)65-54-26-16-13-23-43(54)59(67)66(60(65)68)40-28-30-56-47(32-40)49-34-45-42-22-12-15-25-51(42)62(3,4)53(45)36-58(49)64(56)38-19-9-6-10-20-38/h5-36H,1-4H3. The first-order valence-electron chi connectivity index (χ1n) is 23.4. The number of aromatic nitrogens is 4. The van der Waals surface area contributed by atoms with E-state index in [9.17, 15) is 4.79 Å². The van der Waals surface area contributed by atoms with E-state index in [0.717, 1.165) is 55.0 Å². The van der Waals surface area contributed by atoms with E-state index in [0.29, 0.717) is 22.3 Å². The second-order valence-corrected chi connectivity index (χ2v) is 19.7. The monoisotopic (exact) mass is 876 g/mol. The lowest BCUT2D eigenvalue weighted by atomic mass is 9.82. The molecule has 324 valence electrons. The van der Waals surface area contributed by atoms with Gasteiger partial charge in [-0.2, -0.15) is 0 Å². The van der Waals surface area contributed by atoms with Crippen molar-refractivity contribution in [3.8, 4) is 45.0 Å². The van der Waals surface area contributed by atoms with Gasteiger partial charge in [0, 0.05) is 43.7 Å². The molecule has 14 rings (SSSR count). The Morgan fingerprint density at radius 1 is 0.294 bits per heavy atom. The maximum Gasteiger partial charge on any atom is 0.340 e. The Morgan fingerprint density at radius 3 is 1.22 bits per heavy atom. The van der Waals surface area contributed by atoms with Crippen LogP contribution < -0.4 is 11.2 Å². The first kappa shape index (κ1) is 38.8. The fourth-order valence-corrected chi connectivity index (χ4v) is 12.1. The fourth-order valence-electron chi connectivity index (χ4n) is 12.1. The van der Waals surface area contributed by atoms with Gasteiger partial charge < -0.3 is 9.13 Å². The number of para-hydroxylation sites is 3. The molecule has 0 bridgehead atoms. The van der Waals surface area contributed by atoms with Crippen molar-refractivity contribution in [1.29, 1.82) is 0 Å². The molecule has 6 heteroatoms. The summed E-state index contributed by atoms with van der Waals surface area (Å²) in [4.78, 5) is 30.4. The van der Waals surface area contributed by atoms with Crippen molar-refractivity contribution >= 4 is 54.5 Å². The smallest absolute Gasteiger partial charge is 0.309 e. The topological polar surface area (TPSA) is 53.9 Å². The highest BCUT2D eigenvalue weighted by Gasteiger charge is 2.38. The van der Waals surface area contributed by atoms with Gasteiger partial charge in [0.2, 0.25) is 0 Å². The SMILES string of the molecule is CC1(C)c2ccccc2-c2cc3c4cc(-n5c(=O)c6ccccc6n(-c6ccc7c(c6)c6cc8c(cc6n7-c6ccccc6)C(C)(C)c6ccccc6-8)c5=O)ccc4n(-c4ccccc4)c3cc21. The summed E-state index contributed by atoms with van der Waals surface area (Å²) in [6.07, 6.45) is 0. The van der Waals surface area contributed by atoms with Crippen molar-refractivity contribution in [3.05, 3.63) is 237 Å². The summed E-state index contributed by atoms with van der Waals surface area (Å²) in [5.41, 5.74) is 17.0. The van der Waals surface area contributed by atoms with Crippen LogP contribution in [0.25, 0.3) is 99.5 Å². The average Bonchev–Trinajstić information content (AvgIpc) is 4.01. The molecular weight excluding hydrogens is 833 g/mol. The van der Waals surface area contributed by atoms with Gasteiger partial charge in [-0.15, -0.1) is 0 Å². The van der Waals surface area contributed by atoms with Crippen molar-refractivity contribution in [2.24, 2.45) is 0 Å². The molecule has 0 aliphatic heterocycles. The highest BCUT2D eigenvalue weighted by molar-refractivity contribution is 6.13. The van der Waals surface area contributed by atoms with Gasteiger partial charge in [-0.3, -0.25) is 9.36 Å². The van der Waals surface area contributed by atoms with Gasteiger partial charge in [-0.1, -0.05) is 125 Å². The van der Waals surface area contributed by atoms with E-state index < -0.39 is 5.69 Å². The van der Waals surface area contributed by atoms with Crippen LogP contribution in [-0.2, 0) is 10.8 Å². The molecule has 68 heavy (non-hydrogen) atoms. The van der Waals surface area contributed by atoms with Gasteiger partial charge in [-0.25, -0.2) is 9.36 Å². The molecule has 2 aliphatic carbocycles. The summed E-state index contributed by atoms with van der Waals surface area (Å²) in [5, 5.41) is 4.60. The number of nitrogens with zero attached hydrogens (tertiary/aromatic N) is 4. The molecular formula is C62H44N4O2. The first-order chi connectivity index (χ1) is 33.1. The van der Waals surface area contributed by atoms with E-state index in [2.05, 4.69) is 176 Å². The van der Waals surface area contributed by atoms with E-state index in [1.807, 2.05) is 54.6 Å². The van der Waals surface area contributed by atoms with Crippen LogP contribution in [-0.4, -0.2) is 18.3 Å². The van der Waals surface area contributed by atoms with Crippen molar-refractivity contribution in [3.63, 3.8) is 0 Å². The molecule has 0 amide bonds. The Kier molecular flexibility index (Phi) is 7.73. The van der Waals surface area contributed by atoms with Gasteiger partial charge in [0.15, 0.2) is 0 Å². The summed E-state index contributed by atoms with van der Waals surface area (Å²) < 4.78 is 7.73. The van der Waals surface area contributed by atoms with Crippen molar-refractivity contribution in [1.82, 2.24) is 18.3 Å². The van der Waals surface area contributed by atoms with E-state index in [4.69, 9.17) is 0 Å². The largest absolute Gasteiger partial charge is 0.340 e. The Labute approximate surface area is 391 Å². The van der Waals surface area contributed by atoms with Crippen molar-refractivity contribution in [2.45, 2.75) is 38.5 Å². The Balaban J connectivity index is 1.02. The molecule has 6 nitrogen and oxygen atoms in total. The zero-order valence-electron chi connectivity index (χ0n) is 38.1. The lowest BCUT2D eigenvalue weighted by Crippen LogP contribution is -2.38. The molecule has 2 aliphatic rings. The molecule has 0 N–H and O–H groups in total. The number of hydrogen-bond acceptors (Lipinski definition) is 2. The van der Waals surface area contributed by atoms with Crippen LogP contribution in [0, 0.1) is 0 Å². The highest BCUT2D eigenvalue weighted by Crippen LogP contribution is 2.52. The number of benzene rings is 9. The summed E-state index contributed by atoms with van der Waals surface area (Å²) in [6.45, 7) is 9.24. The molecule has 0 spiro atoms. The highest BCUT2D eigenvalue weighted by atomic mass is 16.2. The second kappa shape index (κ2) is 13.6. The third-order valence-electron chi connectivity index (χ3n) is 15.4. The molecule has 0 saturated heterocycles. The molecule has 9 aromatic carbocycles. The summed E-state index contributed by atoms with van der Waals surface area (Å²) in [7, 11) is 0. The molecule has 0 fully saturated rings. The predicted molar refractivity (Wildman–Crippen MR) is 279 cm³/mol. The molecule has 0 saturated carbocycles. The van der Waals surface area contributed by atoms with Gasteiger partial charge in [0.05, 0.1) is 44.3 Å². The van der Waals surface area contributed by atoms with E-state index >= 15 is 4.79 Å². The van der Waals surface area contributed by atoms with Crippen LogP contribution >= 0.6 is 0 Å². The lowest BCUT2D eigenvalue weighted by Gasteiger charge is -2.21. The van der Waals surface area contributed by atoms with Crippen LogP contribution in [0.5, 0.6) is 0 Å². The first-order valence-corrected chi connectivity index (χ1v) is 23.4. The lowest BCUT2D eigenvalue weighted by molar-refractivity contribution is 0.661. The number of rotatable bonds is 4. The summed E-state index contributed by atoms with van der Waals surface area (Å²) >= 11 is 0. The Bertz CT molecular complexity index is 4300. The maximum absolute atomic E-state index is 15.5. The minimum atomic E-state index is -0.431. The summed E-state index contributed by atoms with van der Waals surface area (Å²) in [5.74, 6) is 0. The van der Waals surface area contributed by atoms with E-state index in [1.54, 1.807) is 4.57 Å². The van der Waals surface area contributed by atoms with Crippen LogP contribution in [0.2, 0.25) is 0 Å². The molecule has 0 unspecified atom stereocenters. The van der Waals surface area contributed by atoms with Crippen molar-refractivity contribution in [2.75, 3.05) is 0 Å². The van der Waals surface area contributed by atoms with Crippen LogP contribution in [0.15, 0.2) is 204 Å². The number of fused-ring (bicyclic) bond motifs is 13. The third-order valence-corrected chi connectivity index (χ3v) is 15.4. The number of hydrogen-bond donors (Lipinski definition) is 0. The maximum atomic E-state index is 15.5. The quantitative estimate of drug-likeness (QED) is 0.177. The third kappa shape index (κ3) is 5.06. The van der Waals surface area contributed by atoms with E-state index in [1.165, 1.54) is 49.1 Å². The van der Waals surface area contributed by atoms with Gasteiger partial charge in [0.1, 0.15) is 0 Å². The molecule has 0 radical (unpaired) electrons. The predicted octanol–water partition coefficient (Wildman–Crippen LogP) is 13.9. The zero-order chi connectivity index (χ0) is 45.8. The minimum Gasteiger partial charge on any atom is -0.309 e. The minimum absolute atomic E-state index is 0.176. The van der Waals surface area contributed by atoms with Crippen LogP contribution in [0.1, 0.15) is 49.9 Å². The Morgan fingerprint density at radius 2 is 0.706 bits per heavy atom. The van der Waals surface area contributed by atoms with Crippen molar-refractivity contribution < 1.29 is 0 Å². The van der Waals surface area contributed by atoms with Crippen LogP contribution in [0.3, 0.4) is 0 Å². The zero-order valence-corrected chi connectivity index (χ0v) is 38.1. The fraction of sp³-hybridized carbons (Fsp3) is 0.0968. The summed E-state index contributed by atoms with van der Waals surface area (Å²) in [6, 6.07) is 67.5. The molecule has 3 heterocycles. The van der Waals surface area contributed by atoms with Gasteiger partial charge in [-0.05, 0) is 142 Å². The molecule has 3 aromatic heterocycles. The molecule has 12 aromatic rings. The normalized spacial score (nSPS) is 14.2. The van der Waals surface area contributed by atoms with Crippen LogP contribution in [0.4, 0.5) is 0 Å². The van der Waals surface area contributed by atoms with E-state index in [-0.39, 0.29) is 16.4 Å². The Hall–Kier alpha value is -8.48.